The van der Waals surface area contributed by atoms with Crippen LogP contribution in [0.5, 0.6) is 5.75 Å². The third-order valence-electron chi connectivity index (χ3n) is 4.86. The topological polar surface area (TPSA) is 80.8 Å². The lowest BCUT2D eigenvalue weighted by Gasteiger charge is -2.37. The smallest absolute Gasteiger partial charge is 0.406 e. The number of nitrogens with zero attached hydrogens (tertiary/aromatic N) is 1. The molecule has 0 N–H and O–H groups in total. The maximum atomic E-state index is 12.9. The van der Waals surface area contributed by atoms with Crippen molar-refractivity contribution >= 4 is 19.9 Å². The van der Waals surface area contributed by atoms with Crippen molar-refractivity contribution in [2.24, 2.45) is 0 Å². The minimum absolute atomic E-state index is 0.137. The van der Waals surface area contributed by atoms with Crippen molar-refractivity contribution in [3.63, 3.8) is 0 Å². The van der Waals surface area contributed by atoms with Crippen LogP contribution in [0.25, 0.3) is 0 Å². The predicted molar refractivity (Wildman–Crippen MR) is 86.8 cm³/mol. The van der Waals surface area contributed by atoms with E-state index >= 15 is 0 Å². The van der Waals surface area contributed by atoms with Gasteiger partial charge in [0.25, 0.3) is 0 Å². The second kappa shape index (κ2) is 6.38. The van der Waals surface area contributed by atoms with Crippen molar-refractivity contribution in [1.82, 2.24) is 4.31 Å². The van der Waals surface area contributed by atoms with E-state index < -0.39 is 49.3 Å². The van der Waals surface area contributed by atoms with Crippen LogP contribution in [-0.2, 0) is 19.9 Å². The van der Waals surface area contributed by atoms with Gasteiger partial charge in [0.15, 0.2) is 0 Å². The minimum Gasteiger partial charge on any atom is -0.406 e. The molecular formula is C15H18F3NO5S2. The van der Waals surface area contributed by atoms with Crippen molar-refractivity contribution in [2.75, 3.05) is 6.26 Å². The molecule has 0 saturated carbocycles. The van der Waals surface area contributed by atoms with E-state index in [0.717, 1.165) is 30.5 Å². The summed E-state index contributed by atoms with van der Waals surface area (Å²) in [7, 11) is -7.18. The van der Waals surface area contributed by atoms with Gasteiger partial charge in [-0.3, -0.25) is 0 Å². The molecule has 2 aliphatic heterocycles. The van der Waals surface area contributed by atoms with Gasteiger partial charge >= 0.3 is 6.36 Å². The fourth-order valence-electron chi connectivity index (χ4n) is 3.76. The van der Waals surface area contributed by atoms with Gasteiger partial charge in [-0.1, -0.05) is 0 Å². The molecule has 1 aromatic rings. The predicted octanol–water partition coefficient (Wildman–Crippen LogP) is 2.31. The number of sulfonamides is 1. The van der Waals surface area contributed by atoms with E-state index in [4.69, 9.17) is 0 Å². The summed E-state index contributed by atoms with van der Waals surface area (Å²) in [6.45, 7) is 0. The molecule has 146 valence electrons. The van der Waals surface area contributed by atoms with Gasteiger partial charge in [-0.25, -0.2) is 16.8 Å². The normalized spacial score (nSPS) is 27.5. The highest BCUT2D eigenvalue weighted by Gasteiger charge is 2.49. The average molecular weight is 413 g/mol. The van der Waals surface area contributed by atoms with Gasteiger partial charge in [0.1, 0.15) is 15.6 Å². The lowest BCUT2D eigenvalue weighted by Crippen LogP contribution is -2.49. The molecule has 2 aliphatic rings. The molecule has 2 saturated heterocycles. The first-order valence-electron chi connectivity index (χ1n) is 7.96. The zero-order chi connectivity index (χ0) is 19.3. The van der Waals surface area contributed by atoms with E-state index in [1.165, 1.54) is 4.31 Å². The highest BCUT2D eigenvalue weighted by Crippen LogP contribution is 2.41. The zero-order valence-electron chi connectivity index (χ0n) is 13.8. The van der Waals surface area contributed by atoms with Gasteiger partial charge in [-0.15, -0.1) is 13.2 Å². The molecule has 2 unspecified atom stereocenters. The van der Waals surface area contributed by atoms with Crippen LogP contribution in [0.15, 0.2) is 29.2 Å². The fraction of sp³-hybridized carbons (Fsp3) is 0.600. The highest BCUT2D eigenvalue weighted by atomic mass is 32.2. The van der Waals surface area contributed by atoms with Crippen molar-refractivity contribution in [3.8, 4) is 5.75 Å². The third kappa shape index (κ3) is 3.84. The van der Waals surface area contributed by atoms with Crippen molar-refractivity contribution in [1.29, 1.82) is 0 Å². The van der Waals surface area contributed by atoms with Gasteiger partial charge < -0.3 is 4.74 Å². The second-order valence-corrected chi connectivity index (χ2v) is 10.8. The van der Waals surface area contributed by atoms with Gasteiger partial charge in [-0.05, 0) is 49.9 Å². The maximum absolute atomic E-state index is 12.9. The van der Waals surface area contributed by atoms with Crippen LogP contribution < -0.4 is 4.74 Å². The van der Waals surface area contributed by atoms with Crippen molar-refractivity contribution in [2.45, 2.75) is 54.3 Å². The van der Waals surface area contributed by atoms with Crippen LogP contribution in [0.4, 0.5) is 13.2 Å². The summed E-state index contributed by atoms with van der Waals surface area (Å²) in [5.41, 5.74) is 0. The monoisotopic (exact) mass is 413 g/mol. The number of rotatable bonds is 4. The highest BCUT2D eigenvalue weighted by molar-refractivity contribution is 7.91. The lowest BCUT2D eigenvalue weighted by atomic mass is 10.1. The summed E-state index contributed by atoms with van der Waals surface area (Å²) in [6.07, 6.45) is -2.07. The number of alkyl halides is 3. The van der Waals surface area contributed by atoms with Gasteiger partial charge in [0.2, 0.25) is 10.0 Å². The van der Waals surface area contributed by atoms with Gasteiger partial charge in [0, 0.05) is 18.3 Å². The van der Waals surface area contributed by atoms with E-state index in [-0.39, 0.29) is 17.7 Å². The quantitative estimate of drug-likeness (QED) is 0.757. The SMILES string of the molecule is CS(=O)(=O)C1CC2CCC(C1)N2S(=O)(=O)c1ccc(OC(F)(F)F)cc1. The van der Waals surface area contributed by atoms with Gasteiger partial charge in [0.05, 0.1) is 10.1 Å². The molecule has 11 heteroatoms. The first-order valence-corrected chi connectivity index (χ1v) is 11.4. The number of sulfone groups is 1. The molecule has 0 aromatic heterocycles. The molecule has 6 nitrogen and oxygen atoms in total. The Balaban J connectivity index is 1.83. The van der Waals surface area contributed by atoms with Crippen LogP contribution >= 0.6 is 0 Å². The van der Waals surface area contributed by atoms with E-state index in [9.17, 15) is 30.0 Å². The van der Waals surface area contributed by atoms with E-state index in [1.54, 1.807) is 0 Å². The van der Waals surface area contributed by atoms with Crippen LogP contribution in [0, 0.1) is 0 Å². The fourth-order valence-corrected chi connectivity index (χ4v) is 6.80. The Morgan fingerprint density at radius 1 is 1.00 bits per heavy atom. The first kappa shape index (κ1) is 19.4. The molecule has 2 heterocycles. The molecule has 2 bridgehead atoms. The molecule has 0 spiro atoms. The Kier molecular flexibility index (Phi) is 4.77. The Morgan fingerprint density at radius 3 is 1.92 bits per heavy atom. The summed E-state index contributed by atoms with van der Waals surface area (Å²) in [5.74, 6) is -0.504. The number of hydrogen-bond donors (Lipinski definition) is 0. The number of piperidine rings is 1. The Bertz CT molecular complexity index is 867. The summed E-state index contributed by atoms with van der Waals surface area (Å²) in [4.78, 5) is -0.137. The number of halogens is 3. The average Bonchev–Trinajstić information content (AvgIpc) is 2.76. The maximum Gasteiger partial charge on any atom is 0.573 e. The van der Waals surface area contributed by atoms with Crippen LogP contribution in [0.1, 0.15) is 25.7 Å². The molecule has 2 atom stereocenters. The number of benzene rings is 1. The molecular weight excluding hydrogens is 395 g/mol. The molecule has 0 aliphatic carbocycles. The number of fused-ring (bicyclic) bond motifs is 2. The molecule has 0 radical (unpaired) electrons. The van der Waals surface area contributed by atoms with Crippen LogP contribution in [0.3, 0.4) is 0 Å². The molecule has 26 heavy (non-hydrogen) atoms. The molecule has 2 fully saturated rings. The Hall–Kier alpha value is -1.33. The van der Waals surface area contributed by atoms with Gasteiger partial charge in [-0.2, -0.15) is 4.31 Å². The Morgan fingerprint density at radius 2 is 1.50 bits per heavy atom. The number of ether oxygens (including phenoxy) is 1. The summed E-state index contributed by atoms with van der Waals surface area (Å²) < 4.78 is 91.2. The van der Waals surface area contributed by atoms with Crippen LogP contribution in [0.2, 0.25) is 0 Å². The number of hydrogen-bond acceptors (Lipinski definition) is 5. The van der Waals surface area contributed by atoms with E-state index in [1.807, 2.05) is 0 Å². The van der Waals surface area contributed by atoms with Crippen molar-refractivity contribution in [3.05, 3.63) is 24.3 Å². The second-order valence-electron chi connectivity index (χ2n) is 6.66. The Labute approximate surface area is 149 Å². The molecule has 1 aromatic carbocycles. The summed E-state index contributed by atoms with van der Waals surface area (Å²) in [6, 6.07) is 3.21. The largest absolute Gasteiger partial charge is 0.573 e. The molecule has 0 amide bonds. The lowest BCUT2D eigenvalue weighted by molar-refractivity contribution is -0.274. The van der Waals surface area contributed by atoms with E-state index in [2.05, 4.69) is 4.74 Å². The van der Waals surface area contributed by atoms with E-state index in [0.29, 0.717) is 12.8 Å². The molecule has 3 rings (SSSR count). The first-order chi connectivity index (χ1) is 11.9. The zero-order valence-corrected chi connectivity index (χ0v) is 15.4. The van der Waals surface area contributed by atoms with Crippen molar-refractivity contribution < 1.29 is 34.7 Å². The summed E-state index contributed by atoms with van der Waals surface area (Å²) >= 11 is 0. The minimum atomic E-state index is -4.85. The standard InChI is InChI=1S/C15H18F3NO5S2/c1-25(20,21)14-8-10-2-3-11(9-14)19(10)26(22,23)13-6-4-12(5-7-13)24-15(16,17)18/h4-7,10-11,14H,2-3,8-9H2,1H3. The summed E-state index contributed by atoms with van der Waals surface area (Å²) in [5, 5.41) is -0.561. The third-order valence-corrected chi connectivity index (χ3v) is 8.48. The van der Waals surface area contributed by atoms with Crippen LogP contribution in [-0.4, -0.2) is 51.1 Å².